The van der Waals surface area contributed by atoms with Crippen molar-refractivity contribution in [2.24, 2.45) is 0 Å². The van der Waals surface area contributed by atoms with E-state index in [1.165, 1.54) is 7.11 Å². The molecule has 4 N–H and O–H groups in total. The number of morpholine rings is 1. The van der Waals surface area contributed by atoms with Gasteiger partial charge in [-0.1, -0.05) is 0 Å². The van der Waals surface area contributed by atoms with Crippen LogP contribution < -0.4 is 16.4 Å². The lowest BCUT2D eigenvalue weighted by Gasteiger charge is -2.33. The number of hydrogen-bond donors (Lipinski definition) is 3. The Morgan fingerprint density at radius 1 is 1.38 bits per heavy atom. The number of aromatic nitrogens is 2. The van der Waals surface area contributed by atoms with E-state index in [1.807, 2.05) is 4.90 Å². The monoisotopic (exact) mass is 488 g/mol. The van der Waals surface area contributed by atoms with E-state index < -0.39 is 12.2 Å². The van der Waals surface area contributed by atoms with E-state index in [0.717, 1.165) is 53.1 Å². The van der Waals surface area contributed by atoms with Gasteiger partial charge in [0.25, 0.3) is 5.91 Å². The van der Waals surface area contributed by atoms with Gasteiger partial charge in [0.1, 0.15) is 6.10 Å². The van der Waals surface area contributed by atoms with Crippen LogP contribution in [0.25, 0.3) is 10.4 Å². The van der Waals surface area contributed by atoms with E-state index in [-0.39, 0.29) is 23.9 Å². The molecule has 1 saturated carbocycles. The maximum absolute atomic E-state index is 13.4. The summed E-state index contributed by atoms with van der Waals surface area (Å²) in [5.74, 6) is 0.279. The van der Waals surface area contributed by atoms with Crippen LogP contribution in [0, 0.1) is 0 Å². The summed E-state index contributed by atoms with van der Waals surface area (Å²) < 4.78 is 10.4. The summed E-state index contributed by atoms with van der Waals surface area (Å²) >= 11 is 1.65. The first kappa shape index (κ1) is 24.4. The van der Waals surface area contributed by atoms with Crippen molar-refractivity contribution in [2.75, 3.05) is 39.1 Å². The van der Waals surface area contributed by atoms with Crippen molar-refractivity contribution >= 4 is 29.3 Å². The Balaban J connectivity index is 1.56. The van der Waals surface area contributed by atoms with Crippen LogP contribution in [0.2, 0.25) is 0 Å². The molecule has 2 aliphatic rings. The molecule has 184 valence electrons. The molecule has 1 aliphatic heterocycles. The van der Waals surface area contributed by atoms with Crippen LogP contribution in [-0.2, 0) is 20.7 Å². The van der Waals surface area contributed by atoms with Gasteiger partial charge in [-0.15, -0.1) is 11.3 Å². The fourth-order valence-corrected chi connectivity index (χ4v) is 5.39. The SMILES string of the molecule is COC(=O)NCCCc1cc([C@@H](C)N(C(=O)[C@H]2CNCCO2)C2CC2)sc1-c1cnc(N)nc1. The average molecular weight is 489 g/mol. The Labute approximate surface area is 203 Å². The number of anilines is 1. The Morgan fingerprint density at radius 2 is 2.15 bits per heavy atom. The lowest BCUT2D eigenvalue weighted by Crippen LogP contribution is -2.50. The molecule has 0 unspecified atom stereocenters. The van der Waals surface area contributed by atoms with E-state index in [9.17, 15) is 9.59 Å². The molecule has 0 spiro atoms. The van der Waals surface area contributed by atoms with Gasteiger partial charge in [-0.05, 0) is 44.2 Å². The van der Waals surface area contributed by atoms with Gasteiger partial charge in [-0.3, -0.25) is 4.79 Å². The minimum absolute atomic E-state index is 0.0526. The Kier molecular flexibility index (Phi) is 7.96. The zero-order valence-electron chi connectivity index (χ0n) is 19.6. The summed E-state index contributed by atoms with van der Waals surface area (Å²) in [7, 11) is 1.35. The van der Waals surface area contributed by atoms with E-state index in [1.54, 1.807) is 23.7 Å². The van der Waals surface area contributed by atoms with Gasteiger partial charge in [0, 0.05) is 53.4 Å². The number of alkyl carbamates (subject to hydrolysis) is 1. The molecule has 2 aromatic heterocycles. The molecule has 2 amide bonds. The van der Waals surface area contributed by atoms with Gasteiger partial charge in [0.05, 0.1) is 19.8 Å². The number of methoxy groups -OCH3 is 1. The maximum Gasteiger partial charge on any atom is 0.406 e. The smallest absolute Gasteiger partial charge is 0.406 e. The van der Waals surface area contributed by atoms with Crippen LogP contribution in [0.1, 0.15) is 42.7 Å². The molecule has 1 aliphatic carbocycles. The van der Waals surface area contributed by atoms with E-state index in [4.69, 9.17) is 10.5 Å². The van der Waals surface area contributed by atoms with E-state index in [0.29, 0.717) is 19.7 Å². The molecule has 11 heteroatoms. The molecule has 2 fully saturated rings. The molecule has 1 saturated heterocycles. The van der Waals surface area contributed by atoms with Gasteiger partial charge in [-0.25, -0.2) is 14.8 Å². The van der Waals surface area contributed by atoms with Crippen LogP contribution in [0.4, 0.5) is 10.7 Å². The van der Waals surface area contributed by atoms with Gasteiger partial charge in [-0.2, -0.15) is 0 Å². The second-order valence-electron chi connectivity index (χ2n) is 8.57. The third kappa shape index (κ3) is 5.83. The van der Waals surface area contributed by atoms with Gasteiger partial charge < -0.3 is 30.7 Å². The van der Waals surface area contributed by atoms with Crippen molar-refractivity contribution < 1.29 is 19.1 Å². The maximum atomic E-state index is 13.4. The molecular formula is C23H32N6O4S. The number of carbonyl (C=O) groups is 2. The van der Waals surface area contributed by atoms with Crippen LogP contribution in [0.3, 0.4) is 0 Å². The van der Waals surface area contributed by atoms with Gasteiger partial charge >= 0.3 is 6.09 Å². The quantitative estimate of drug-likeness (QED) is 0.458. The summed E-state index contributed by atoms with van der Waals surface area (Å²) in [6, 6.07) is 2.35. The zero-order chi connectivity index (χ0) is 24.1. The van der Waals surface area contributed by atoms with Crippen LogP contribution in [0.15, 0.2) is 18.5 Å². The van der Waals surface area contributed by atoms with Gasteiger partial charge in [0.2, 0.25) is 5.95 Å². The predicted octanol–water partition coefficient (Wildman–Crippen LogP) is 2.12. The number of nitrogens with one attached hydrogen (secondary N) is 2. The second-order valence-corrected chi connectivity index (χ2v) is 9.65. The van der Waals surface area contributed by atoms with Crippen LogP contribution >= 0.6 is 11.3 Å². The zero-order valence-corrected chi connectivity index (χ0v) is 20.4. The fraction of sp³-hybridized carbons (Fsp3) is 0.565. The number of nitrogens with two attached hydrogens (primary N) is 1. The first-order valence-corrected chi connectivity index (χ1v) is 12.5. The summed E-state index contributed by atoms with van der Waals surface area (Å²) in [4.78, 5) is 37.2. The summed E-state index contributed by atoms with van der Waals surface area (Å²) in [5, 5.41) is 5.98. The Morgan fingerprint density at radius 3 is 2.79 bits per heavy atom. The van der Waals surface area contributed by atoms with Gasteiger partial charge in [0.15, 0.2) is 0 Å². The minimum Gasteiger partial charge on any atom is -0.453 e. The second kappa shape index (κ2) is 11.1. The Hall–Kier alpha value is -2.76. The van der Waals surface area contributed by atoms with Crippen molar-refractivity contribution in [2.45, 2.75) is 50.8 Å². The molecular weight excluding hydrogens is 456 g/mol. The molecule has 3 heterocycles. The number of nitrogens with zero attached hydrogens (tertiary/aromatic N) is 3. The first-order chi connectivity index (χ1) is 16.5. The number of rotatable bonds is 9. The lowest BCUT2D eigenvalue weighted by molar-refractivity contribution is -0.148. The van der Waals surface area contributed by atoms with E-state index in [2.05, 4.69) is 38.3 Å². The van der Waals surface area contributed by atoms with Crippen LogP contribution in [0.5, 0.6) is 0 Å². The first-order valence-electron chi connectivity index (χ1n) is 11.6. The number of aryl methyl sites for hydroxylation is 1. The molecule has 2 atom stereocenters. The summed E-state index contributed by atoms with van der Waals surface area (Å²) in [6.45, 7) is 4.46. The molecule has 34 heavy (non-hydrogen) atoms. The van der Waals surface area contributed by atoms with Crippen molar-refractivity contribution in [3.05, 3.63) is 28.9 Å². The van der Waals surface area contributed by atoms with Crippen molar-refractivity contribution in [1.29, 1.82) is 0 Å². The molecule has 0 bridgehead atoms. The molecule has 4 rings (SSSR count). The minimum atomic E-state index is -0.440. The standard InChI is InChI=1S/C23H32N6O4S/c1-14(29(17-5-6-17)21(30)18-13-25-8-9-33-18)19-10-15(4-3-7-26-23(31)32-2)20(34-19)16-11-27-22(24)28-12-16/h10-12,14,17-18,25H,3-9,13H2,1-2H3,(H,26,31)(H2,24,27,28)/t14-,18-/m1/s1. The van der Waals surface area contributed by atoms with Crippen molar-refractivity contribution in [3.8, 4) is 10.4 Å². The predicted molar refractivity (Wildman–Crippen MR) is 129 cm³/mol. The summed E-state index contributed by atoms with van der Waals surface area (Å²) in [5.41, 5.74) is 7.71. The number of nitrogen functional groups attached to an aromatic ring is 1. The van der Waals surface area contributed by atoms with Crippen molar-refractivity contribution in [3.63, 3.8) is 0 Å². The normalized spacial score (nSPS) is 18.8. The lowest BCUT2D eigenvalue weighted by atomic mass is 10.1. The molecule has 0 radical (unpaired) electrons. The highest BCUT2D eigenvalue weighted by atomic mass is 32.1. The topological polar surface area (TPSA) is 132 Å². The molecule has 2 aromatic rings. The number of carbonyl (C=O) groups excluding carboxylic acids is 2. The third-order valence-electron chi connectivity index (χ3n) is 6.07. The average Bonchev–Trinajstić information content (AvgIpc) is 3.60. The number of thiophene rings is 1. The van der Waals surface area contributed by atoms with Crippen molar-refractivity contribution in [1.82, 2.24) is 25.5 Å². The Bertz CT molecular complexity index is 988. The largest absolute Gasteiger partial charge is 0.453 e. The van der Waals surface area contributed by atoms with Crippen LogP contribution in [-0.4, -0.2) is 72.4 Å². The number of ether oxygens (including phenoxy) is 2. The molecule has 10 nitrogen and oxygen atoms in total. The molecule has 0 aromatic carbocycles. The highest BCUT2D eigenvalue weighted by Gasteiger charge is 2.40. The van der Waals surface area contributed by atoms with E-state index >= 15 is 0 Å². The number of amides is 2. The summed E-state index contributed by atoms with van der Waals surface area (Å²) in [6.07, 6.45) is 6.11. The number of hydrogen-bond acceptors (Lipinski definition) is 9. The highest BCUT2D eigenvalue weighted by Crippen LogP contribution is 2.41. The third-order valence-corrected chi connectivity index (χ3v) is 7.46. The fourth-order valence-electron chi connectivity index (χ4n) is 4.15. The highest BCUT2D eigenvalue weighted by molar-refractivity contribution is 7.15.